The first-order valence-corrected chi connectivity index (χ1v) is 9.91. The monoisotopic (exact) mass is 425 g/mol. The van der Waals surface area contributed by atoms with Gasteiger partial charge >= 0.3 is 0 Å². The summed E-state index contributed by atoms with van der Waals surface area (Å²) < 4.78 is 25.2. The van der Waals surface area contributed by atoms with Crippen molar-refractivity contribution in [2.24, 2.45) is 0 Å². The zero-order valence-corrected chi connectivity index (χ0v) is 16.5. The van der Waals surface area contributed by atoms with Gasteiger partial charge in [-0.25, -0.2) is 9.97 Å². The summed E-state index contributed by atoms with van der Waals surface area (Å²) in [5, 5.41) is 4.09. The van der Waals surface area contributed by atoms with Crippen molar-refractivity contribution in [2.45, 2.75) is 24.3 Å². The number of carbonyl (C=O) groups is 1. The number of thiazole rings is 1. The van der Waals surface area contributed by atoms with Gasteiger partial charge in [0, 0.05) is 21.7 Å². The van der Waals surface area contributed by atoms with E-state index in [2.05, 4.69) is 15.3 Å². The average molecular weight is 426 g/mol. The van der Waals surface area contributed by atoms with Gasteiger partial charge in [0.15, 0.2) is 0 Å². The van der Waals surface area contributed by atoms with E-state index in [1.165, 1.54) is 29.7 Å². The van der Waals surface area contributed by atoms with Crippen LogP contribution in [0.2, 0.25) is 5.02 Å². The van der Waals surface area contributed by atoms with Crippen molar-refractivity contribution in [1.82, 2.24) is 15.3 Å². The van der Waals surface area contributed by atoms with Crippen molar-refractivity contribution in [3.63, 3.8) is 0 Å². The van der Waals surface area contributed by atoms with E-state index in [1.807, 2.05) is 19.1 Å². The van der Waals surface area contributed by atoms with E-state index in [0.717, 1.165) is 21.1 Å². The zero-order valence-electron chi connectivity index (χ0n) is 14.1. The number of nitrogens with zero attached hydrogens (tertiary/aromatic N) is 2. The predicted molar refractivity (Wildman–Crippen MR) is 105 cm³/mol. The molecular weight excluding hydrogens is 412 g/mol. The number of hydrogen-bond donors (Lipinski definition) is 1. The van der Waals surface area contributed by atoms with Gasteiger partial charge in [0.05, 0.1) is 17.8 Å². The first-order chi connectivity index (χ1) is 12.9. The van der Waals surface area contributed by atoms with Crippen LogP contribution < -0.4 is 5.32 Å². The summed E-state index contributed by atoms with van der Waals surface area (Å²) >= 11 is 7.63. The molecule has 0 aliphatic heterocycles. The van der Waals surface area contributed by atoms with Crippen molar-refractivity contribution in [3.8, 4) is 11.3 Å². The molecule has 0 aliphatic rings. The minimum atomic E-state index is -2.64. The number of nitrogens with one attached hydrogen (secondary N) is 1. The smallest absolute Gasteiger partial charge is 0.290 e. The van der Waals surface area contributed by atoms with Gasteiger partial charge in [0.25, 0.3) is 11.7 Å². The molecule has 0 saturated carbocycles. The molecule has 2 aromatic heterocycles. The third-order valence-electron chi connectivity index (χ3n) is 3.58. The van der Waals surface area contributed by atoms with Gasteiger partial charge < -0.3 is 5.32 Å². The number of aryl methyl sites for hydroxylation is 1. The van der Waals surface area contributed by atoms with Gasteiger partial charge in [0.1, 0.15) is 10.0 Å². The van der Waals surface area contributed by atoms with Crippen LogP contribution in [-0.2, 0) is 6.54 Å². The maximum Gasteiger partial charge on any atom is 0.290 e. The van der Waals surface area contributed by atoms with Crippen LogP contribution in [0.15, 0.2) is 47.6 Å². The molecule has 3 rings (SSSR count). The van der Waals surface area contributed by atoms with E-state index < -0.39 is 11.7 Å². The van der Waals surface area contributed by atoms with E-state index >= 15 is 0 Å². The minimum Gasteiger partial charge on any atom is -0.345 e. The van der Waals surface area contributed by atoms with Gasteiger partial charge in [-0.15, -0.1) is 11.3 Å². The van der Waals surface area contributed by atoms with Crippen molar-refractivity contribution < 1.29 is 13.6 Å². The Morgan fingerprint density at radius 1 is 1.30 bits per heavy atom. The fourth-order valence-electron chi connectivity index (χ4n) is 2.40. The number of aromatic nitrogens is 2. The standard InChI is InChI=1S/C18H14ClF2N3OS2/c1-10-15(11-4-6-12(19)7-5-11)24-14(26-10)9-23-16(25)13-3-2-8-22-17(13)27-18(20)21/h2-8,18H,9H2,1H3,(H,23,25). The summed E-state index contributed by atoms with van der Waals surface area (Å²) in [5.74, 6) is -3.11. The Bertz CT molecular complexity index is 948. The quantitative estimate of drug-likeness (QED) is 0.536. The molecule has 2 heterocycles. The number of thioether (sulfide) groups is 1. The van der Waals surface area contributed by atoms with Crippen LogP contribution in [0.3, 0.4) is 0 Å². The Labute approximate surface area is 168 Å². The van der Waals surface area contributed by atoms with Gasteiger partial charge in [0.2, 0.25) is 0 Å². The lowest BCUT2D eigenvalue weighted by atomic mass is 10.1. The van der Waals surface area contributed by atoms with E-state index in [4.69, 9.17) is 11.6 Å². The molecule has 1 amide bonds. The first kappa shape index (κ1) is 19.7. The summed E-state index contributed by atoms with van der Waals surface area (Å²) in [5.41, 5.74) is 1.89. The van der Waals surface area contributed by atoms with Crippen LogP contribution in [0.5, 0.6) is 0 Å². The molecule has 1 aromatic carbocycles. The summed E-state index contributed by atoms with van der Waals surface area (Å²) in [6, 6.07) is 10.4. The van der Waals surface area contributed by atoms with Gasteiger partial charge in [-0.1, -0.05) is 23.7 Å². The number of carbonyl (C=O) groups excluding carboxylic acids is 1. The van der Waals surface area contributed by atoms with Gasteiger partial charge in [-0.3, -0.25) is 4.79 Å². The molecule has 0 bridgehead atoms. The molecular formula is C18H14ClF2N3OS2. The predicted octanol–water partition coefficient (Wildman–Crippen LogP) is 5.41. The fraction of sp³-hybridized carbons (Fsp3) is 0.167. The Hall–Kier alpha value is -2.03. The number of halogens is 3. The molecule has 0 aliphatic carbocycles. The second-order valence-corrected chi connectivity index (χ2v) is 8.14. The molecule has 27 heavy (non-hydrogen) atoms. The largest absolute Gasteiger partial charge is 0.345 e. The maximum atomic E-state index is 12.6. The molecule has 9 heteroatoms. The van der Waals surface area contributed by atoms with Crippen LogP contribution in [-0.4, -0.2) is 21.6 Å². The van der Waals surface area contributed by atoms with Crippen molar-refractivity contribution in [3.05, 3.63) is 63.1 Å². The summed E-state index contributed by atoms with van der Waals surface area (Å²) in [6.45, 7) is 2.15. The van der Waals surface area contributed by atoms with Crippen LogP contribution in [0, 0.1) is 6.92 Å². The number of rotatable bonds is 6. The molecule has 0 unspecified atom stereocenters. The molecule has 3 aromatic rings. The highest BCUT2D eigenvalue weighted by atomic mass is 35.5. The summed E-state index contributed by atoms with van der Waals surface area (Å²) in [7, 11) is 0. The lowest BCUT2D eigenvalue weighted by Crippen LogP contribution is -2.23. The third-order valence-corrected chi connectivity index (χ3v) is 5.52. The van der Waals surface area contributed by atoms with Gasteiger partial charge in [-0.2, -0.15) is 8.78 Å². The third kappa shape index (κ3) is 5.03. The Morgan fingerprint density at radius 2 is 2.04 bits per heavy atom. The molecule has 0 radical (unpaired) electrons. The summed E-state index contributed by atoms with van der Waals surface area (Å²) in [4.78, 5) is 21.8. The highest BCUT2D eigenvalue weighted by Gasteiger charge is 2.17. The van der Waals surface area contributed by atoms with Crippen molar-refractivity contribution in [2.75, 3.05) is 0 Å². The molecule has 0 saturated heterocycles. The Morgan fingerprint density at radius 3 is 2.74 bits per heavy atom. The Kier molecular flexibility index (Phi) is 6.41. The molecule has 0 fully saturated rings. The highest BCUT2D eigenvalue weighted by Crippen LogP contribution is 2.29. The fourth-order valence-corrected chi connectivity index (χ4v) is 3.99. The van der Waals surface area contributed by atoms with Crippen LogP contribution in [0.25, 0.3) is 11.3 Å². The lowest BCUT2D eigenvalue weighted by Gasteiger charge is -2.07. The number of amides is 1. The average Bonchev–Trinajstić information content (AvgIpc) is 3.01. The SMILES string of the molecule is Cc1sc(CNC(=O)c2cccnc2SC(F)F)nc1-c1ccc(Cl)cc1. The topological polar surface area (TPSA) is 54.9 Å². The van der Waals surface area contributed by atoms with Crippen LogP contribution in [0.4, 0.5) is 8.78 Å². The second kappa shape index (κ2) is 8.77. The van der Waals surface area contributed by atoms with Crippen LogP contribution >= 0.6 is 34.7 Å². The van der Waals surface area contributed by atoms with E-state index in [1.54, 1.807) is 12.1 Å². The molecule has 0 atom stereocenters. The van der Waals surface area contributed by atoms with Crippen LogP contribution in [0.1, 0.15) is 20.2 Å². The molecule has 4 nitrogen and oxygen atoms in total. The normalized spacial score (nSPS) is 11.0. The van der Waals surface area contributed by atoms with Gasteiger partial charge in [-0.05, 0) is 43.0 Å². The minimum absolute atomic E-state index is 0.00201. The Balaban J connectivity index is 1.71. The number of hydrogen-bond acceptors (Lipinski definition) is 5. The molecule has 1 N–H and O–H groups in total. The lowest BCUT2D eigenvalue weighted by molar-refractivity contribution is 0.0947. The maximum absolute atomic E-state index is 12.6. The highest BCUT2D eigenvalue weighted by molar-refractivity contribution is 7.99. The van der Waals surface area contributed by atoms with Crippen molar-refractivity contribution >= 4 is 40.6 Å². The number of pyridine rings is 1. The summed E-state index contributed by atoms with van der Waals surface area (Å²) in [6.07, 6.45) is 1.38. The number of benzene rings is 1. The zero-order chi connectivity index (χ0) is 19.4. The van der Waals surface area contributed by atoms with E-state index in [0.29, 0.717) is 5.02 Å². The first-order valence-electron chi connectivity index (χ1n) is 7.84. The molecule has 0 spiro atoms. The number of alkyl halides is 2. The second-order valence-electron chi connectivity index (χ2n) is 5.44. The van der Waals surface area contributed by atoms with E-state index in [9.17, 15) is 13.6 Å². The molecule has 140 valence electrons. The van der Waals surface area contributed by atoms with Crippen molar-refractivity contribution in [1.29, 1.82) is 0 Å². The van der Waals surface area contributed by atoms with E-state index in [-0.39, 0.29) is 28.9 Å².